The van der Waals surface area contributed by atoms with Gasteiger partial charge in [0, 0.05) is 31.5 Å². The van der Waals surface area contributed by atoms with Gasteiger partial charge in [0.05, 0.1) is 13.0 Å². The van der Waals surface area contributed by atoms with E-state index < -0.39 is 0 Å². The summed E-state index contributed by atoms with van der Waals surface area (Å²) in [5.41, 5.74) is 1.25. The number of rotatable bonds is 10. The Morgan fingerprint density at radius 3 is 2.35 bits per heavy atom. The van der Waals surface area contributed by atoms with Crippen LogP contribution in [0.1, 0.15) is 30.6 Å². The molecule has 0 aliphatic carbocycles. The molecule has 0 saturated heterocycles. The molecule has 1 aromatic rings. The Morgan fingerprint density at radius 1 is 1.13 bits per heavy atom. The smallest absolute Gasteiger partial charge is 0.251 e. The summed E-state index contributed by atoms with van der Waals surface area (Å²) in [5, 5.41) is 5.66. The van der Waals surface area contributed by atoms with Crippen molar-refractivity contribution in [3.8, 4) is 0 Å². The average Bonchev–Trinajstić information content (AvgIpc) is 2.57. The molecule has 0 fully saturated rings. The number of carbonyl (C=O) groups excluding carboxylic acids is 2. The molecular formula is C17H27N3O3. The number of anilines is 1. The molecule has 6 nitrogen and oxygen atoms in total. The zero-order valence-corrected chi connectivity index (χ0v) is 14.2. The summed E-state index contributed by atoms with van der Waals surface area (Å²) in [6.45, 7) is 8.00. The van der Waals surface area contributed by atoms with E-state index in [1.807, 2.05) is 0 Å². The molecule has 0 aliphatic heterocycles. The standard InChI is InChI=1S/C17H27N3O3/c1-4-20(5-2)12-11-18-17(22)14-6-8-15(9-7-14)19-16(21)10-13-23-3/h6-9H,4-5,10-13H2,1-3H3,(H,18,22)(H,19,21). The van der Waals surface area contributed by atoms with Crippen LogP contribution in [0.4, 0.5) is 5.69 Å². The quantitative estimate of drug-likeness (QED) is 0.688. The molecule has 0 radical (unpaired) electrons. The van der Waals surface area contributed by atoms with Crippen molar-refractivity contribution in [3.05, 3.63) is 29.8 Å². The predicted molar refractivity (Wildman–Crippen MR) is 91.7 cm³/mol. The highest BCUT2D eigenvalue weighted by Gasteiger charge is 2.07. The SMILES string of the molecule is CCN(CC)CCNC(=O)c1ccc(NC(=O)CCOC)cc1. The van der Waals surface area contributed by atoms with Gasteiger partial charge in [0.15, 0.2) is 0 Å². The normalized spacial score (nSPS) is 10.6. The number of carbonyl (C=O) groups is 2. The maximum Gasteiger partial charge on any atom is 0.251 e. The number of ether oxygens (including phenoxy) is 1. The highest BCUT2D eigenvalue weighted by atomic mass is 16.5. The van der Waals surface area contributed by atoms with Crippen molar-refractivity contribution in [2.45, 2.75) is 20.3 Å². The monoisotopic (exact) mass is 321 g/mol. The van der Waals surface area contributed by atoms with Gasteiger partial charge < -0.3 is 20.3 Å². The molecule has 0 heterocycles. The molecule has 2 amide bonds. The summed E-state index contributed by atoms with van der Waals surface area (Å²) in [7, 11) is 1.56. The molecule has 2 N–H and O–H groups in total. The van der Waals surface area contributed by atoms with Crippen molar-refractivity contribution < 1.29 is 14.3 Å². The molecule has 0 spiro atoms. The number of hydrogen-bond donors (Lipinski definition) is 2. The zero-order valence-electron chi connectivity index (χ0n) is 14.2. The summed E-state index contributed by atoms with van der Waals surface area (Å²) in [6.07, 6.45) is 0.310. The second-order valence-corrected chi connectivity index (χ2v) is 5.15. The molecule has 23 heavy (non-hydrogen) atoms. The van der Waals surface area contributed by atoms with Crippen LogP contribution in [0.3, 0.4) is 0 Å². The molecule has 1 aromatic carbocycles. The van der Waals surface area contributed by atoms with Crippen LogP contribution in [0.25, 0.3) is 0 Å². The van der Waals surface area contributed by atoms with E-state index in [1.54, 1.807) is 31.4 Å². The van der Waals surface area contributed by atoms with E-state index in [9.17, 15) is 9.59 Å². The fourth-order valence-electron chi connectivity index (χ4n) is 2.09. The van der Waals surface area contributed by atoms with Gasteiger partial charge >= 0.3 is 0 Å². The minimum Gasteiger partial charge on any atom is -0.384 e. The number of hydrogen-bond acceptors (Lipinski definition) is 4. The number of benzene rings is 1. The van der Waals surface area contributed by atoms with Gasteiger partial charge in [-0.3, -0.25) is 9.59 Å². The first-order chi connectivity index (χ1) is 11.1. The lowest BCUT2D eigenvalue weighted by atomic mass is 10.2. The van der Waals surface area contributed by atoms with Crippen molar-refractivity contribution in [1.82, 2.24) is 10.2 Å². The Morgan fingerprint density at radius 2 is 1.78 bits per heavy atom. The first-order valence-electron chi connectivity index (χ1n) is 8.00. The van der Waals surface area contributed by atoms with Crippen LogP contribution in [0.5, 0.6) is 0 Å². The van der Waals surface area contributed by atoms with Gasteiger partial charge in [-0.15, -0.1) is 0 Å². The number of likely N-dealkylation sites (N-methyl/N-ethyl adjacent to an activating group) is 1. The Hall–Kier alpha value is -1.92. The molecule has 0 atom stereocenters. The van der Waals surface area contributed by atoms with Gasteiger partial charge in [-0.05, 0) is 37.4 Å². The Labute approximate surface area is 138 Å². The van der Waals surface area contributed by atoms with Crippen LogP contribution in [-0.4, -0.2) is 56.6 Å². The molecule has 1 rings (SSSR count). The lowest BCUT2D eigenvalue weighted by molar-refractivity contribution is -0.117. The maximum atomic E-state index is 12.0. The first kappa shape index (κ1) is 19.1. The van der Waals surface area contributed by atoms with Crippen molar-refractivity contribution in [2.75, 3.05) is 45.2 Å². The minimum atomic E-state index is -0.108. The summed E-state index contributed by atoms with van der Waals surface area (Å²) in [6, 6.07) is 6.87. The van der Waals surface area contributed by atoms with Crippen molar-refractivity contribution >= 4 is 17.5 Å². The van der Waals surface area contributed by atoms with Crippen molar-refractivity contribution in [2.24, 2.45) is 0 Å². The lowest BCUT2D eigenvalue weighted by Gasteiger charge is -2.17. The fourth-order valence-corrected chi connectivity index (χ4v) is 2.09. The number of amides is 2. The Kier molecular flexibility index (Phi) is 8.94. The Bertz CT molecular complexity index is 484. The Balaban J connectivity index is 2.43. The van der Waals surface area contributed by atoms with E-state index in [-0.39, 0.29) is 11.8 Å². The number of nitrogens with zero attached hydrogens (tertiary/aromatic N) is 1. The van der Waals surface area contributed by atoms with E-state index in [0.717, 1.165) is 19.6 Å². The van der Waals surface area contributed by atoms with Crippen LogP contribution in [0.15, 0.2) is 24.3 Å². The molecule has 128 valence electrons. The first-order valence-corrected chi connectivity index (χ1v) is 8.00. The molecule has 0 bridgehead atoms. The van der Waals surface area contributed by atoms with Crippen molar-refractivity contribution in [3.63, 3.8) is 0 Å². The van der Waals surface area contributed by atoms with Crippen molar-refractivity contribution in [1.29, 1.82) is 0 Å². The van der Waals surface area contributed by atoms with Crippen LogP contribution in [-0.2, 0) is 9.53 Å². The van der Waals surface area contributed by atoms with E-state index in [2.05, 4.69) is 29.4 Å². The topological polar surface area (TPSA) is 70.7 Å². The summed E-state index contributed by atoms with van der Waals surface area (Å²) < 4.78 is 4.85. The van der Waals surface area contributed by atoms with Gasteiger partial charge in [-0.1, -0.05) is 13.8 Å². The van der Waals surface area contributed by atoms with E-state index in [1.165, 1.54) is 0 Å². The average molecular weight is 321 g/mol. The van der Waals surface area contributed by atoms with Gasteiger partial charge in [0.1, 0.15) is 0 Å². The third-order valence-electron chi connectivity index (χ3n) is 3.57. The van der Waals surface area contributed by atoms with Crippen LogP contribution in [0, 0.1) is 0 Å². The molecule has 0 saturated carbocycles. The molecule has 0 aliphatic rings. The van der Waals surface area contributed by atoms with Gasteiger partial charge in [0.2, 0.25) is 5.91 Å². The molecular weight excluding hydrogens is 294 g/mol. The number of methoxy groups -OCH3 is 1. The maximum absolute atomic E-state index is 12.0. The zero-order chi connectivity index (χ0) is 17.1. The van der Waals surface area contributed by atoms with Gasteiger partial charge in [-0.25, -0.2) is 0 Å². The second kappa shape index (κ2) is 10.7. The second-order valence-electron chi connectivity index (χ2n) is 5.15. The highest BCUT2D eigenvalue weighted by molar-refractivity contribution is 5.95. The highest BCUT2D eigenvalue weighted by Crippen LogP contribution is 2.10. The number of nitrogens with one attached hydrogen (secondary N) is 2. The molecule has 6 heteroatoms. The van der Waals surface area contributed by atoms with E-state index in [0.29, 0.717) is 30.8 Å². The van der Waals surface area contributed by atoms with Crippen LogP contribution >= 0.6 is 0 Å². The summed E-state index contributed by atoms with van der Waals surface area (Å²) >= 11 is 0. The van der Waals surface area contributed by atoms with Crippen LogP contribution < -0.4 is 10.6 Å². The van der Waals surface area contributed by atoms with Gasteiger partial charge in [0.25, 0.3) is 5.91 Å². The molecule has 0 aromatic heterocycles. The van der Waals surface area contributed by atoms with Gasteiger partial charge in [-0.2, -0.15) is 0 Å². The lowest BCUT2D eigenvalue weighted by Crippen LogP contribution is -2.34. The molecule has 0 unspecified atom stereocenters. The fraction of sp³-hybridized carbons (Fsp3) is 0.529. The summed E-state index contributed by atoms with van der Waals surface area (Å²) in [4.78, 5) is 25.9. The third-order valence-corrected chi connectivity index (χ3v) is 3.57. The summed E-state index contributed by atoms with van der Waals surface area (Å²) in [5.74, 6) is -0.210. The minimum absolute atomic E-state index is 0.102. The third kappa shape index (κ3) is 7.25. The van der Waals surface area contributed by atoms with E-state index in [4.69, 9.17) is 4.74 Å². The van der Waals surface area contributed by atoms with Crippen LogP contribution in [0.2, 0.25) is 0 Å². The predicted octanol–water partition coefficient (Wildman–Crippen LogP) is 1.73. The van der Waals surface area contributed by atoms with E-state index >= 15 is 0 Å². The largest absolute Gasteiger partial charge is 0.384 e.